The minimum Gasteiger partial charge on any atom is -0.490 e. The van der Waals surface area contributed by atoms with E-state index in [1.807, 2.05) is 0 Å². The van der Waals surface area contributed by atoms with Gasteiger partial charge in [0.1, 0.15) is 0 Å². The summed E-state index contributed by atoms with van der Waals surface area (Å²) in [5.41, 5.74) is 0.678. The normalized spacial score (nSPS) is 11.4. The van der Waals surface area contributed by atoms with Gasteiger partial charge in [-0.05, 0) is 44.5 Å². The average molecular weight is 310 g/mol. The lowest BCUT2D eigenvalue weighted by atomic mass is 10.2. The molecule has 0 N–H and O–H groups in total. The van der Waals surface area contributed by atoms with Crippen LogP contribution in [-0.4, -0.2) is 34.3 Å². The van der Waals surface area contributed by atoms with Crippen molar-refractivity contribution in [2.24, 2.45) is 5.10 Å². The Balaban J connectivity index is 2.26. The second-order valence-corrected chi connectivity index (χ2v) is 4.37. The number of nitrogens with zero attached hydrogens (tertiary/aromatic N) is 4. The second-order valence-electron chi connectivity index (χ2n) is 4.37. The van der Waals surface area contributed by atoms with Crippen molar-refractivity contribution in [3.8, 4) is 11.5 Å². The van der Waals surface area contributed by atoms with Crippen LogP contribution in [0.15, 0.2) is 23.3 Å². The third kappa shape index (κ3) is 3.78. The van der Waals surface area contributed by atoms with E-state index < -0.39 is 6.61 Å². The van der Waals surface area contributed by atoms with Crippen molar-refractivity contribution in [1.29, 1.82) is 0 Å². The van der Waals surface area contributed by atoms with Gasteiger partial charge in [0.25, 0.3) is 0 Å². The zero-order valence-electron chi connectivity index (χ0n) is 12.5. The molecule has 22 heavy (non-hydrogen) atoms. The van der Waals surface area contributed by atoms with E-state index in [-0.39, 0.29) is 11.5 Å². The number of hydrogen-bond acceptors (Lipinski definition) is 5. The van der Waals surface area contributed by atoms with Crippen LogP contribution in [-0.2, 0) is 0 Å². The van der Waals surface area contributed by atoms with Gasteiger partial charge < -0.3 is 9.47 Å². The highest BCUT2D eigenvalue weighted by Crippen LogP contribution is 2.29. The number of aryl methyl sites for hydroxylation is 2. The molecule has 6 nitrogen and oxygen atoms in total. The number of ether oxygens (including phenoxy) is 2. The summed E-state index contributed by atoms with van der Waals surface area (Å²) in [4.78, 5) is 0. The molecule has 0 fully saturated rings. The number of benzene rings is 1. The predicted molar refractivity (Wildman–Crippen MR) is 76.7 cm³/mol. The Bertz CT molecular complexity index is 651. The van der Waals surface area contributed by atoms with Crippen LogP contribution in [0.5, 0.6) is 11.5 Å². The van der Waals surface area contributed by atoms with Gasteiger partial charge in [0, 0.05) is 0 Å². The van der Waals surface area contributed by atoms with Crippen molar-refractivity contribution in [3.63, 3.8) is 0 Å². The molecule has 0 atom stereocenters. The molecule has 0 spiro atoms. The van der Waals surface area contributed by atoms with E-state index in [4.69, 9.17) is 4.74 Å². The Morgan fingerprint density at radius 3 is 2.50 bits per heavy atom. The molecule has 2 rings (SSSR count). The minimum absolute atomic E-state index is 0.00865. The van der Waals surface area contributed by atoms with Gasteiger partial charge in [0.15, 0.2) is 23.1 Å². The highest BCUT2D eigenvalue weighted by atomic mass is 19.3. The molecule has 0 aliphatic heterocycles. The number of halogens is 2. The van der Waals surface area contributed by atoms with E-state index in [1.165, 1.54) is 6.07 Å². The Kier molecular flexibility index (Phi) is 5.03. The summed E-state index contributed by atoms with van der Waals surface area (Å²) in [6.07, 6.45) is 1.57. The van der Waals surface area contributed by atoms with Gasteiger partial charge in [0.2, 0.25) is 0 Å². The van der Waals surface area contributed by atoms with Crippen LogP contribution in [0, 0.1) is 13.8 Å². The van der Waals surface area contributed by atoms with Crippen molar-refractivity contribution in [2.75, 3.05) is 6.61 Å². The maximum absolute atomic E-state index is 12.3. The zero-order valence-corrected chi connectivity index (χ0v) is 12.5. The molecule has 0 saturated carbocycles. The van der Waals surface area contributed by atoms with E-state index in [1.54, 1.807) is 43.8 Å². The molecule has 1 aromatic heterocycles. The monoisotopic (exact) mass is 310 g/mol. The van der Waals surface area contributed by atoms with Gasteiger partial charge in [-0.15, -0.1) is 10.2 Å². The lowest BCUT2D eigenvalue weighted by Gasteiger charge is -2.11. The maximum atomic E-state index is 12.3. The van der Waals surface area contributed by atoms with E-state index in [0.29, 0.717) is 23.8 Å². The average Bonchev–Trinajstić information content (AvgIpc) is 2.78. The molecular formula is C14H16F2N4O2. The third-order valence-electron chi connectivity index (χ3n) is 2.76. The smallest absolute Gasteiger partial charge is 0.387 e. The third-order valence-corrected chi connectivity index (χ3v) is 2.76. The van der Waals surface area contributed by atoms with Gasteiger partial charge in [0.05, 0.1) is 12.8 Å². The van der Waals surface area contributed by atoms with Gasteiger partial charge in [-0.1, -0.05) is 0 Å². The highest BCUT2D eigenvalue weighted by molar-refractivity contribution is 5.80. The number of rotatable bonds is 6. The lowest BCUT2D eigenvalue weighted by Crippen LogP contribution is -2.05. The maximum Gasteiger partial charge on any atom is 0.387 e. The Hall–Kier alpha value is -2.51. The first-order valence-corrected chi connectivity index (χ1v) is 6.66. The zero-order chi connectivity index (χ0) is 16.1. The van der Waals surface area contributed by atoms with Crippen LogP contribution in [0.25, 0.3) is 0 Å². The summed E-state index contributed by atoms with van der Waals surface area (Å²) in [7, 11) is 0. The highest BCUT2D eigenvalue weighted by Gasteiger charge is 2.11. The van der Waals surface area contributed by atoms with E-state index in [0.717, 1.165) is 0 Å². The van der Waals surface area contributed by atoms with Crippen molar-refractivity contribution in [1.82, 2.24) is 14.9 Å². The molecule has 0 aliphatic rings. The lowest BCUT2D eigenvalue weighted by molar-refractivity contribution is -0.0514. The van der Waals surface area contributed by atoms with Crippen molar-refractivity contribution >= 4 is 6.21 Å². The van der Waals surface area contributed by atoms with Crippen molar-refractivity contribution in [3.05, 3.63) is 35.4 Å². The van der Waals surface area contributed by atoms with Crippen LogP contribution in [0.1, 0.15) is 24.1 Å². The quantitative estimate of drug-likeness (QED) is 0.770. The van der Waals surface area contributed by atoms with Crippen LogP contribution in [0.4, 0.5) is 8.78 Å². The SMILES string of the molecule is CCOc1cc(C=Nn2c(C)nnc2C)ccc1OC(F)F. The summed E-state index contributed by atoms with van der Waals surface area (Å²) in [5.74, 6) is 1.53. The summed E-state index contributed by atoms with van der Waals surface area (Å²) >= 11 is 0. The largest absolute Gasteiger partial charge is 0.490 e. The summed E-state index contributed by atoms with van der Waals surface area (Å²) in [5, 5.41) is 12.0. The molecule has 0 unspecified atom stereocenters. The fourth-order valence-corrected chi connectivity index (χ4v) is 1.82. The molecule has 118 valence electrons. The first-order valence-electron chi connectivity index (χ1n) is 6.66. The van der Waals surface area contributed by atoms with Gasteiger partial charge >= 0.3 is 6.61 Å². The predicted octanol–water partition coefficient (Wildman–Crippen LogP) is 2.78. The first kappa shape index (κ1) is 15.9. The standard InChI is InChI=1S/C14H16F2N4O2/c1-4-21-13-7-11(5-6-12(13)22-14(15)16)8-17-20-9(2)18-19-10(20)3/h5-8,14H,4H2,1-3H3. The summed E-state index contributed by atoms with van der Waals surface area (Å²) < 4.78 is 36.0. The van der Waals surface area contributed by atoms with E-state index in [2.05, 4.69) is 20.0 Å². The molecule has 1 heterocycles. The molecule has 0 aliphatic carbocycles. The molecule has 2 aromatic rings. The second kappa shape index (κ2) is 6.97. The topological polar surface area (TPSA) is 61.5 Å². The van der Waals surface area contributed by atoms with Crippen LogP contribution < -0.4 is 9.47 Å². The molecule has 8 heteroatoms. The summed E-state index contributed by atoms with van der Waals surface area (Å²) in [6, 6.07) is 4.61. The Morgan fingerprint density at radius 2 is 1.91 bits per heavy atom. The molecule has 0 radical (unpaired) electrons. The minimum atomic E-state index is -2.90. The van der Waals surface area contributed by atoms with Gasteiger partial charge in [-0.3, -0.25) is 0 Å². The number of aromatic nitrogens is 3. The fourth-order valence-electron chi connectivity index (χ4n) is 1.82. The molecule has 0 amide bonds. The molecular weight excluding hydrogens is 294 g/mol. The van der Waals surface area contributed by atoms with Gasteiger partial charge in [-0.2, -0.15) is 13.9 Å². The van der Waals surface area contributed by atoms with Crippen molar-refractivity contribution < 1.29 is 18.3 Å². The fraction of sp³-hybridized carbons (Fsp3) is 0.357. The van der Waals surface area contributed by atoms with Crippen LogP contribution in [0.2, 0.25) is 0 Å². The number of alkyl halides is 2. The Labute approximate surface area is 126 Å². The van der Waals surface area contributed by atoms with E-state index >= 15 is 0 Å². The Morgan fingerprint density at radius 1 is 1.23 bits per heavy atom. The molecule has 0 bridgehead atoms. The molecule has 0 saturated heterocycles. The molecule has 1 aromatic carbocycles. The van der Waals surface area contributed by atoms with Crippen molar-refractivity contribution in [2.45, 2.75) is 27.4 Å². The van der Waals surface area contributed by atoms with E-state index in [9.17, 15) is 8.78 Å². The number of hydrogen-bond donors (Lipinski definition) is 0. The van der Waals surface area contributed by atoms with Crippen LogP contribution in [0.3, 0.4) is 0 Å². The van der Waals surface area contributed by atoms with Gasteiger partial charge in [-0.25, -0.2) is 4.68 Å². The van der Waals surface area contributed by atoms with Crippen LogP contribution >= 0.6 is 0 Å². The summed E-state index contributed by atoms with van der Waals surface area (Å²) in [6.45, 7) is 2.76. The first-order chi connectivity index (χ1) is 10.5.